The van der Waals surface area contributed by atoms with Gasteiger partial charge in [0.15, 0.2) is 11.0 Å². The lowest BCUT2D eigenvalue weighted by molar-refractivity contribution is 0.207. The number of piperidine rings is 1. The Morgan fingerprint density at radius 1 is 1.24 bits per heavy atom. The molecule has 0 aromatic carbocycles. The first-order chi connectivity index (χ1) is 8.24. The molecule has 0 aliphatic carbocycles. The molecule has 0 N–H and O–H groups in total. The molecule has 5 heteroatoms. The molecule has 0 amide bonds. The molecule has 4 nitrogen and oxygen atoms in total. The zero-order chi connectivity index (χ0) is 11.8. The lowest BCUT2D eigenvalue weighted by atomic mass is 9.92. The quantitative estimate of drug-likeness (QED) is 0.761. The highest BCUT2D eigenvalue weighted by atomic mass is 35.5. The smallest absolute Gasteiger partial charge is 0.151 e. The van der Waals surface area contributed by atoms with Crippen LogP contribution in [-0.4, -0.2) is 47.8 Å². The van der Waals surface area contributed by atoms with Crippen LogP contribution in [0.4, 0.5) is 5.82 Å². The van der Waals surface area contributed by atoms with E-state index < -0.39 is 0 Å². The Morgan fingerprint density at radius 3 is 2.82 bits per heavy atom. The Balaban J connectivity index is 1.81. The highest BCUT2D eigenvalue weighted by Crippen LogP contribution is 2.33. The third kappa shape index (κ3) is 2.11. The van der Waals surface area contributed by atoms with Crippen LogP contribution in [0.25, 0.3) is 0 Å². The number of aromatic nitrogens is 2. The van der Waals surface area contributed by atoms with Crippen molar-refractivity contribution in [3.8, 4) is 0 Å². The lowest BCUT2D eigenvalue weighted by Gasteiger charge is -2.36. The van der Waals surface area contributed by atoms with Crippen LogP contribution in [0, 0.1) is 5.92 Å². The van der Waals surface area contributed by atoms with Gasteiger partial charge in [-0.25, -0.2) is 0 Å². The van der Waals surface area contributed by atoms with Crippen LogP contribution in [0.1, 0.15) is 12.8 Å². The van der Waals surface area contributed by atoms with Gasteiger partial charge >= 0.3 is 0 Å². The van der Waals surface area contributed by atoms with E-state index in [9.17, 15) is 0 Å². The fraction of sp³-hybridized carbons (Fsp3) is 0.667. The largest absolute Gasteiger partial charge is 0.351 e. The summed E-state index contributed by atoms with van der Waals surface area (Å²) in [6.07, 6.45) is 2.58. The van der Waals surface area contributed by atoms with Gasteiger partial charge in [0, 0.05) is 19.1 Å². The fourth-order valence-corrected chi connectivity index (χ4v) is 3.15. The summed E-state index contributed by atoms with van der Waals surface area (Å²) in [4.78, 5) is 4.80. The Bertz CT molecular complexity index is 394. The number of rotatable bonds is 1. The number of nitrogens with zero attached hydrogens (tertiary/aromatic N) is 4. The van der Waals surface area contributed by atoms with Gasteiger partial charge in [-0.15, -0.1) is 10.2 Å². The molecule has 2 aliphatic rings. The van der Waals surface area contributed by atoms with Crippen molar-refractivity contribution in [1.29, 1.82) is 0 Å². The Kier molecular flexibility index (Phi) is 2.92. The second kappa shape index (κ2) is 4.42. The number of anilines is 1. The van der Waals surface area contributed by atoms with Crippen molar-refractivity contribution in [3.05, 3.63) is 17.3 Å². The molecule has 2 atom stereocenters. The first-order valence-corrected chi connectivity index (χ1v) is 6.56. The van der Waals surface area contributed by atoms with Crippen LogP contribution in [0.3, 0.4) is 0 Å². The maximum atomic E-state index is 5.78. The van der Waals surface area contributed by atoms with Crippen LogP contribution in [0.2, 0.25) is 5.15 Å². The first kappa shape index (κ1) is 11.2. The van der Waals surface area contributed by atoms with Crippen molar-refractivity contribution in [2.45, 2.75) is 18.9 Å². The van der Waals surface area contributed by atoms with E-state index >= 15 is 0 Å². The summed E-state index contributed by atoms with van der Waals surface area (Å²) < 4.78 is 0. The van der Waals surface area contributed by atoms with Gasteiger partial charge in [-0.3, -0.25) is 0 Å². The molecule has 2 saturated heterocycles. The van der Waals surface area contributed by atoms with Crippen molar-refractivity contribution in [1.82, 2.24) is 15.1 Å². The molecule has 3 heterocycles. The summed E-state index contributed by atoms with van der Waals surface area (Å²) in [6, 6.07) is 4.40. The first-order valence-electron chi connectivity index (χ1n) is 6.18. The number of halogens is 1. The van der Waals surface area contributed by atoms with E-state index in [0.717, 1.165) is 24.8 Å². The fourth-order valence-electron chi connectivity index (χ4n) is 3.05. The Labute approximate surface area is 107 Å². The average molecular weight is 253 g/mol. The maximum absolute atomic E-state index is 5.78. The van der Waals surface area contributed by atoms with Crippen LogP contribution in [0.15, 0.2) is 12.1 Å². The third-order valence-corrected chi connectivity index (χ3v) is 4.18. The molecule has 0 saturated carbocycles. The number of likely N-dealkylation sites (N-methyl/N-ethyl adjacent to an activating group) is 1. The van der Waals surface area contributed by atoms with Crippen molar-refractivity contribution < 1.29 is 0 Å². The SMILES string of the molecule is CN1CCC2CCN(c3ccc(Cl)nn3)C2C1. The van der Waals surface area contributed by atoms with Gasteiger partial charge < -0.3 is 9.80 Å². The van der Waals surface area contributed by atoms with Crippen molar-refractivity contribution in [3.63, 3.8) is 0 Å². The highest BCUT2D eigenvalue weighted by Gasteiger charge is 2.38. The number of likely N-dealkylation sites (tertiary alicyclic amines) is 1. The maximum Gasteiger partial charge on any atom is 0.151 e. The monoisotopic (exact) mass is 252 g/mol. The van der Waals surface area contributed by atoms with E-state index in [1.165, 1.54) is 19.4 Å². The highest BCUT2D eigenvalue weighted by molar-refractivity contribution is 6.29. The van der Waals surface area contributed by atoms with Gasteiger partial charge in [-0.05, 0) is 44.5 Å². The summed E-state index contributed by atoms with van der Waals surface area (Å²) in [5.41, 5.74) is 0. The van der Waals surface area contributed by atoms with Crippen molar-refractivity contribution in [2.24, 2.45) is 5.92 Å². The second-order valence-corrected chi connectivity index (χ2v) is 5.46. The zero-order valence-corrected chi connectivity index (χ0v) is 10.8. The Hall–Kier alpha value is -0.870. The van der Waals surface area contributed by atoms with Crippen LogP contribution < -0.4 is 4.90 Å². The molecular formula is C12H17ClN4. The van der Waals surface area contributed by atoms with E-state index in [1.807, 2.05) is 12.1 Å². The van der Waals surface area contributed by atoms with E-state index in [0.29, 0.717) is 11.2 Å². The molecule has 1 aromatic rings. The van der Waals surface area contributed by atoms with Crippen molar-refractivity contribution >= 4 is 17.4 Å². The molecule has 1 aromatic heterocycles. The molecule has 2 unspecified atom stereocenters. The molecule has 92 valence electrons. The average Bonchev–Trinajstić information content (AvgIpc) is 2.73. The predicted molar refractivity (Wildman–Crippen MR) is 68.4 cm³/mol. The second-order valence-electron chi connectivity index (χ2n) is 5.07. The van der Waals surface area contributed by atoms with Gasteiger partial charge in [-0.1, -0.05) is 11.6 Å². The standard InChI is InChI=1S/C12H17ClN4/c1-16-6-4-9-5-7-17(10(9)8-16)12-3-2-11(13)14-15-12/h2-3,9-10H,4-8H2,1H3. The molecule has 17 heavy (non-hydrogen) atoms. The summed E-state index contributed by atoms with van der Waals surface area (Å²) in [5, 5.41) is 8.61. The van der Waals surface area contributed by atoms with Gasteiger partial charge in [-0.2, -0.15) is 0 Å². The van der Waals surface area contributed by atoms with E-state index in [2.05, 4.69) is 27.0 Å². The molecule has 2 aliphatic heterocycles. The normalized spacial score (nSPS) is 29.4. The molecule has 2 fully saturated rings. The van der Waals surface area contributed by atoms with E-state index in [-0.39, 0.29) is 0 Å². The minimum atomic E-state index is 0.463. The van der Waals surface area contributed by atoms with E-state index in [4.69, 9.17) is 11.6 Å². The summed E-state index contributed by atoms with van der Waals surface area (Å²) in [7, 11) is 2.19. The minimum absolute atomic E-state index is 0.463. The summed E-state index contributed by atoms with van der Waals surface area (Å²) >= 11 is 5.78. The molecular weight excluding hydrogens is 236 g/mol. The minimum Gasteiger partial charge on any atom is -0.351 e. The zero-order valence-electron chi connectivity index (χ0n) is 10.0. The molecule has 0 bridgehead atoms. The summed E-state index contributed by atoms with van der Waals surface area (Å²) in [6.45, 7) is 3.45. The third-order valence-electron chi connectivity index (χ3n) is 3.98. The van der Waals surface area contributed by atoms with Crippen molar-refractivity contribution in [2.75, 3.05) is 31.6 Å². The van der Waals surface area contributed by atoms with Crippen LogP contribution >= 0.6 is 11.6 Å². The molecule has 0 spiro atoms. The molecule has 0 radical (unpaired) electrons. The summed E-state index contributed by atoms with van der Waals surface area (Å²) in [5.74, 6) is 1.79. The Morgan fingerprint density at radius 2 is 2.06 bits per heavy atom. The molecule has 3 rings (SSSR count). The van der Waals surface area contributed by atoms with Crippen LogP contribution in [-0.2, 0) is 0 Å². The van der Waals surface area contributed by atoms with Crippen LogP contribution in [0.5, 0.6) is 0 Å². The van der Waals surface area contributed by atoms with Gasteiger partial charge in [0.25, 0.3) is 0 Å². The van der Waals surface area contributed by atoms with E-state index in [1.54, 1.807) is 0 Å². The number of hydrogen-bond donors (Lipinski definition) is 0. The lowest BCUT2D eigenvalue weighted by Crippen LogP contribution is -2.46. The number of hydrogen-bond acceptors (Lipinski definition) is 4. The van der Waals surface area contributed by atoms with Gasteiger partial charge in [0.1, 0.15) is 0 Å². The predicted octanol–water partition coefficient (Wildman–Crippen LogP) is 1.66. The number of fused-ring (bicyclic) bond motifs is 1. The topological polar surface area (TPSA) is 32.3 Å². The van der Waals surface area contributed by atoms with Gasteiger partial charge in [0.05, 0.1) is 0 Å². The van der Waals surface area contributed by atoms with Gasteiger partial charge in [0.2, 0.25) is 0 Å².